The van der Waals surface area contributed by atoms with Gasteiger partial charge in [-0.15, -0.1) is 0 Å². The molecule has 1 fully saturated rings. The highest BCUT2D eigenvalue weighted by molar-refractivity contribution is 5.96. The van der Waals surface area contributed by atoms with E-state index < -0.39 is 0 Å². The van der Waals surface area contributed by atoms with Crippen molar-refractivity contribution in [3.63, 3.8) is 0 Å². The van der Waals surface area contributed by atoms with Gasteiger partial charge in [0, 0.05) is 6.42 Å². The molecule has 2 rings (SSSR count). The second kappa shape index (κ2) is 3.42. The van der Waals surface area contributed by atoms with Crippen LogP contribution in [0.4, 0.5) is 0 Å². The summed E-state index contributed by atoms with van der Waals surface area (Å²) in [5, 5.41) is 0. The Kier molecular flexibility index (Phi) is 2.29. The van der Waals surface area contributed by atoms with Crippen LogP contribution in [0.15, 0.2) is 11.6 Å². The summed E-state index contributed by atoms with van der Waals surface area (Å²) in [6.45, 7) is 0. The van der Waals surface area contributed by atoms with Gasteiger partial charge < -0.3 is 0 Å². The number of rotatable bonds is 0. The molecule has 2 aliphatic carbocycles. The van der Waals surface area contributed by atoms with Gasteiger partial charge in [-0.05, 0) is 43.6 Å². The summed E-state index contributed by atoms with van der Waals surface area (Å²) in [5.74, 6) is 1.07. The second-order valence-corrected chi connectivity index (χ2v) is 3.96. The monoisotopic (exact) mass is 164 g/mol. The number of allylic oxidation sites excluding steroid dienone is 2. The van der Waals surface area contributed by atoms with Gasteiger partial charge in [-0.25, -0.2) is 0 Å². The molecule has 0 heterocycles. The van der Waals surface area contributed by atoms with Gasteiger partial charge in [0.25, 0.3) is 0 Å². The molecule has 0 saturated heterocycles. The molecule has 0 aromatic rings. The largest absolute Gasteiger partial charge is 0.295 e. The maximum Gasteiger partial charge on any atom is 0.158 e. The molecule has 0 aromatic heterocycles. The Balaban J connectivity index is 2.20. The Hall–Kier alpha value is -0.590. The van der Waals surface area contributed by atoms with Crippen LogP contribution in [0.3, 0.4) is 0 Å². The summed E-state index contributed by atoms with van der Waals surface area (Å²) < 4.78 is 0. The van der Waals surface area contributed by atoms with Gasteiger partial charge in [-0.2, -0.15) is 0 Å². The molecular weight excluding hydrogens is 148 g/mol. The third-order valence-electron chi connectivity index (χ3n) is 3.09. The third kappa shape index (κ3) is 1.45. The van der Waals surface area contributed by atoms with E-state index in [-0.39, 0.29) is 0 Å². The Morgan fingerprint density at radius 3 is 2.92 bits per heavy atom. The molecular formula is C11H16O. The number of Topliss-reactive ketones (excluding diaryl/α,β-unsaturated/α-hetero) is 1. The zero-order chi connectivity index (χ0) is 8.39. The van der Waals surface area contributed by atoms with Crippen LogP contribution in [0.5, 0.6) is 0 Å². The Morgan fingerprint density at radius 2 is 2.00 bits per heavy atom. The van der Waals surface area contributed by atoms with Crippen molar-refractivity contribution in [1.82, 2.24) is 0 Å². The summed E-state index contributed by atoms with van der Waals surface area (Å²) in [6, 6.07) is 0. The van der Waals surface area contributed by atoms with Crippen LogP contribution in [-0.4, -0.2) is 5.78 Å². The molecule has 0 radical (unpaired) electrons. The van der Waals surface area contributed by atoms with Gasteiger partial charge in [0.15, 0.2) is 5.78 Å². The maximum atomic E-state index is 11.6. The number of ketones is 1. The topological polar surface area (TPSA) is 17.1 Å². The van der Waals surface area contributed by atoms with E-state index >= 15 is 0 Å². The van der Waals surface area contributed by atoms with Crippen molar-refractivity contribution in [3.8, 4) is 0 Å². The molecule has 1 atom stereocenters. The van der Waals surface area contributed by atoms with Crippen molar-refractivity contribution >= 4 is 5.78 Å². The van der Waals surface area contributed by atoms with E-state index in [0.29, 0.717) is 11.7 Å². The number of hydrogen-bond donors (Lipinski definition) is 0. The van der Waals surface area contributed by atoms with E-state index in [9.17, 15) is 4.79 Å². The summed E-state index contributed by atoms with van der Waals surface area (Å²) in [7, 11) is 0. The van der Waals surface area contributed by atoms with E-state index in [4.69, 9.17) is 0 Å². The van der Waals surface area contributed by atoms with E-state index in [1.165, 1.54) is 31.3 Å². The predicted molar refractivity (Wildman–Crippen MR) is 48.9 cm³/mol. The first-order valence-electron chi connectivity index (χ1n) is 5.11. The van der Waals surface area contributed by atoms with Gasteiger partial charge in [-0.3, -0.25) is 4.79 Å². The molecule has 2 aliphatic rings. The van der Waals surface area contributed by atoms with Crippen molar-refractivity contribution in [2.45, 2.75) is 44.9 Å². The van der Waals surface area contributed by atoms with Crippen LogP contribution in [0.25, 0.3) is 0 Å². The van der Waals surface area contributed by atoms with Gasteiger partial charge in [0.1, 0.15) is 0 Å². The number of fused-ring (bicyclic) bond motifs is 1. The first-order chi connectivity index (χ1) is 5.88. The molecule has 1 unspecified atom stereocenters. The molecule has 1 nitrogen and oxygen atoms in total. The molecule has 0 N–H and O–H groups in total. The van der Waals surface area contributed by atoms with Crippen molar-refractivity contribution in [2.24, 2.45) is 5.92 Å². The highest BCUT2D eigenvalue weighted by Crippen LogP contribution is 2.33. The van der Waals surface area contributed by atoms with Crippen LogP contribution in [0, 0.1) is 5.92 Å². The van der Waals surface area contributed by atoms with E-state index in [1.54, 1.807) is 0 Å². The van der Waals surface area contributed by atoms with Crippen LogP contribution in [-0.2, 0) is 4.79 Å². The normalized spacial score (nSPS) is 30.5. The molecule has 1 heteroatoms. The fraction of sp³-hybridized carbons (Fsp3) is 0.727. The molecule has 0 aromatic carbocycles. The number of carbonyl (C=O) groups excluding carboxylic acids is 1. The lowest BCUT2D eigenvalue weighted by Gasteiger charge is -2.20. The summed E-state index contributed by atoms with van der Waals surface area (Å²) in [5.41, 5.74) is 1.18. The first kappa shape index (κ1) is 8.03. The smallest absolute Gasteiger partial charge is 0.158 e. The van der Waals surface area contributed by atoms with Crippen molar-refractivity contribution in [2.75, 3.05) is 0 Å². The average Bonchev–Trinajstić information content (AvgIpc) is 2.29. The van der Waals surface area contributed by atoms with Crippen LogP contribution in [0.1, 0.15) is 44.9 Å². The van der Waals surface area contributed by atoms with Crippen LogP contribution >= 0.6 is 0 Å². The Bertz CT molecular complexity index is 215. The van der Waals surface area contributed by atoms with Gasteiger partial charge >= 0.3 is 0 Å². The molecule has 0 aliphatic heterocycles. The lowest BCUT2D eigenvalue weighted by Crippen LogP contribution is -2.13. The van der Waals surface area contributed by atoms with E-state index in [2.05, 4.69) is 6.08 Å². The number of hydrogen-bond acceptors (Lipinski definition) is 1. The number of carbonyl (C=O) groups is 1. The third-order valence-corrected chi connectivity index (χ3v) is 3.09. The molecule has 0 spiro atoms. The van der Waals surface area contributed by atoms with Crippen molar-refractivity contribution in [1.29, 1.82) is 0 Å². The molecule has 66 valence electrons. The maximum absolute atomic E-state index is 11.6. The molecule has 0 bridgehead atoms. The summed E-state index contributed by atoms with van der Waals surface area (Å²) in [4.78, 5) is 11.6. The highest BCUT2D eigenvalue weighted by Gasteiger charge is 2.24. The van der Waals surface area contributed by atoms with E-state index in [0.717, 1.165) is 19.3 Å². The quantitative estimate of drug-likeness (QED) is 0.538. The average molecular weight is 164 g/mol. The van der Waals surface area contributed by atoms with Crippen LogP contribution < -0.4 is 0 Å². The summed E-state index contributed by atoms with van der Waals surface area (Å²) in [6.07, 6.45) is 10.3. The fourth-order valence-corrected chi connectivity index (χ4v) is 2.41. The first-order valence-corrected chi connectivity index (χ1v) is 5.11. The van der Waals surface area contributed by atoms with Gasteiger partial charge in [0.05, 0.1) is 0 Å². The molecule has 0 amide bonds. The minimum absolute atomic E-state index is 0.442. The van der Waals surface area contributed by atoms with Crippen molar-refractivity contribution in [3.05, 3.63) is 11.6 Å². The van der Waals surface area contributed by atoms with E-state index in [1.807, 2.05) is 0 Å². The SMILES string of the molecule is O=C1CCCCC2CCCC=C12. The summed E-state index contributed by atoms with van der Waals surface area (Å²) >= 11 is 0. The standard InChI is InChI=1S/C11H16O/c12-11-8-4-2-6-9-5-1-3-7-10(9)11/h7,9H,1-6,8H2. The molecule has 1 saturated carbocycles. The Labute approximate surface area is 73.8 Å². The lowest BCUT2D eigenvalue weighted by atomic mass is 9.84. The van der Waals surface area contributed by atoms with Crippen molar-refractivity contribution < 1.29 is 4.79 Å². The molecule has 12 heavy (non-hydrogen) atoms. The lowest BCUT2D eigenvalue weighted by molar-refractivity contribution is -0.116. The fourth-order valence-electron chi connectivity index (χ4n) is 2.41. The zero-order valence-electron chi connectivity index (χ0n) is 7.51. The second-order valence-electron chi connectivity index (χ2n) is 3.96. The van der Waals surface area contributed by atoms with Crippen LogP contribution in [0.2, 0.25) is 0 Å². The Morgan fingerprint density at radius 1 is 1.17 bits per heavy atom. The minimum atomic E-state index is 0.442. The van der Waals surface area contributed by atoms with Gasteiger partial charge in [0.2, 0.25) is 0 Å². The van der Waals surface area contributed by atoms with Gasteiger partial charge in [-0.1, -0.05) is 12.5 Å². The zero-order valence-corrected chi connectivity index (χ0v) is 7.51. The highest BCUT2D eigenvalue weighted by atomic mass is 16.1. The minimum Gasteiger partial charge on any atom is -0.295 e. The predicted octanol–water partition coefficient (Wildman–Crippen LogP) is 2.86.